The Labute approximate surface area is 165 Å². The second-order valence-corrected chi connectivity index (χ2v) is 6.77. The summed E-state index contributed by atoms with van der Waals surface area (Å²) in [6.45, 7) is 5.00. The van der Waals surface area contributed by atoms with Gasteiger partial charge in [-0.15, -0.1) is 0 Å². The van der Waals surface area contributed by atoms with Crippen LogP contribution >= 0.6 is 0 Å². The number of aryl methyl sites for hydroxylation is 1. The van der Waals surface area contributed by atoms with Crippen molar-refractivity contribution in [3.8, 4) is 17.0 Å². The number of nitrogens with zero attached hydrogens (tertiary/aromatic N) is 3. The first-order valence-electron chi connectivity index (χ1n) is 9.65. The maximum absolute atomic E-state index is 5.85. The lowest BCUT2D eigenvalue weighted by Crippen LogP contribution is -1.99. The van der Waals surface area contributed by atoms with Crippen LogP contribution in [0.2, 0.25) is 0 Å². The highest BCUT2D eigenvalue weighted by molar-refractivity contribution is 5.80. The Morgan fingerprint density at radius 3 is 2.71 bits per heavy atom. The van der Waals surface area contributed by atoms with E-state index in [1.165, 1.54) is 0 Å². The molecule has 4 rings (SSSR count). The highest BCUT2D eigenvalue weighted by Crippen LogP contribution is 2.34. The van der Waals surface area contributed by atoms with Crippen molar-refractivity contribution in [2.45, 2.75) is 26.7 Å². The number of hydrogen-bond acceptors (Lipinski definition) is 4. The molecule has 0 aliphatic heterocycles. The third-order valence-electron chi connectivity index (χ3n) is 4.66. The minimum absolute atomic E-state index is 0.665. The summed E-state index contributed by atoms with van der Waals surface area (Å²) in [7, 11) is 0. The molecule has 142 valence electrons. The number of aromatic nitrogens is 3. The Bertz CT molecular complexity index is 1070. The molecule has 0 fully saturated rings. The first-order chi connectivity index (χ1) is 13.8. The average Bonchev–Trinajstić information content (AvgIpc) is 3.07. The number of benzene rings is 2. The van der Waals surface area contributed by atoms with Gasteiger partial charge in [0.15, 0.2) is 0 Å². The Balaban J connectivity index is 1.75. The van der Waals surface area contributed by atoms with Gasteiger partial charge >= 0.3 is 0 Å². The first-order valence-corrected chi connectivity index (χ1v) is 9.65. The van der Waals surface area contributed by atoms with E-state index in [9.17, 15) is 0 Å². The summed E-state index contributed by atoms with van der Waals surface area (Å²) >= 11 is 0. The minimum atomic E-state index is 0.665. The molecule has 0 bridgehead atoms. The minimum Gasteiger partial charge on any atom is -0.494 e. The zero-order valence-electron chi connectivity index (χ0n) is 16.2. The van der Waals surface area contributed by atoms with Gasteiger partial charge in [0.25, 0.3) is 0 Å². The number of hydrogen-bond donors (Lipinski definition) is 1. The molecule has 0 radical (unpaired) electrons. The fourth-order valence-corrected chi connectivity index (χ4v) is 3.18. The third kappa shape index (κ3) is 3.69. The van der Waals surface area contributed by atoms with Crippen molar-refractivity contribution in [1.82, 2.24) is 14.4 Å². The lowest BCUT2D eigenvalue weighted by molar-refractivity contribution is 0.309. The molecular formula is C23H24N4O. The second kappa shape index (κ2) is 8.13. The van der Waals surface area contributed by atoms with Crippen LogP contribution in [0, 0.1) is 6.92 Å². The molecule has 1 N–H and O–H groups in total. The van der Waals surface area contributed by atoms with Gasteiger partial charge in [0, 0.05) is 23.6 Å². The Kier molecular flexibility index (Phi) is 5.24. The van der Waals surface area contributed by atoms with Crippen LogP contribution in [0.25, 0.3) is 17.0 Å². The van der Waals surface area contributed by atoms with Gasteiger partial charge in [-0.2, -0.15) is 0 Å². The number of nitrogens with one attached hydrogen (secondary N) is 1. The number of unbranched alkanes of at least 4 members (excludes halogenated alkanes) is 1. The van der Waals surface area contributed by atoms with Crippen LogP contribution in [0.4, 0.5) is 11.5 Å². The zero-order valence-corrected chi connectivity index (χ0v) is 16.2. The Morgan fingerprint density at radius 1 is 1.07 bits per heavy atom. The van der Waals surface area contributed by atoms with Gasteiger partial charge in [-0.25, -0.2) is 9.97 Å². The summed E-state index contributed by atoms with van der Waals surface area (Å²) in [5, 5.41) is 3.51. The lowest BCUT2D eigenvalue weighted by atomic mass is 10.1. The number of para-hydroxylation sites is 1. The van der Waals surface area contributed by atoms with E-state index in [0.29, 0.717) is 5.78 Å². The lowest BCUT2D eigenvalue weighted by Gasteiger charge is -2.12. The molecular weight excluding hydrogens is 348 g/mol. The van der Waals surface area contributed by atoms with Gasteiger partial charge in [-0.05, 0) is 55.3 Å². The van der Waals surface area contributed by atoms with Crippen molar-refractivity contribution in [2.24, 2.45) is 0 Å². The summed E-state index contributed by atoms with van der Waals surface area (Å²) in [5.41, 5.74) is 4.06. The monoisotopic (exact) mass is 372 g/mol. The molecule has 5 heteroatoms. The van der Waals surface area contributed by atoms with E-state index in [-0.39, 0.29) is 0 Å². The topological polar surface area (TPSA) is 51.5 Å². The molecule has 0 unspecified atom stereocenters. The highest BCUT2D eigenvalue weighted by Gasteiger charge is 2.17. The fourth-order valence-electron chi connectivity index (χ4n) is 3.18. The molecule has 2 aromatic heterocycles. The van der Waals surface area contributed by atoms with Crippen molar-refractivity contribution in [3.05, 3.63) is 72.6 Å². The van der Waals surface area contributed by atoms with Crippen molar-refractivity contribution in [1.29, 1.82) is 0 Å². The molecule has 0 atom stereocenters. The normalized spacial score (nSPS) is 10.9. The highest BCUT2D eigenvalue weighted by atomic mass is 16.5. The van der Waals surface area contributed by atoms with Crippen molar-refractivity contribution in [3.63, 3.8) is 0 Å². The number of anilines is 2. The van der Waals surface area contributed by atoms with E-state index in [1.54, 1.807) is 6.20 Å². The van der Waals surface area contributed by atoms with E-state index in [2.05, 4.69) is 36.3 Å². The van der Waals surface area contributed by atoms with Crippen LogP contribution < -0.4 is 10.1 Å². The fraction of sp³-hybridized carbons (Fsp3) is 0.217. The molecule has 0 spiro atoms. The molecule has 2 heterocycles. The second-order valence-electron chi connectivity index (χ2n) is 6.77. The largest absolute Gasteiger partial charge is 0.494 e. The molecule has 0 aliphatic carbocycles. The van der Waals surface area contributed by atoms with Gasteiger partial charge in [-0.1, -0.05) is 31.5 Å². The van der Waals surface area contributed by atoms with Crippen LogP contribution in [0.5, 0.6) is 5.75 Å². The van der Waals surface area contributed by atoms with Crippen molar-refractivity contribution < 1.29 is 4.74 Å². The smallest absolute Gasteiger partial charge is 0.235 e. The van der Waals surface area contributed by atoms with Gasteiger partial charge in [-0.3, -0.25) is 4.40 Å². The van der Waals surface area contributed by atoms with Gasteiger partial charge in [0.2, 0.25) is 5.78 Å². The van der Waals surface area contributed by atoms with Gasteiger partial charge in [0.1, 0.15) is 17.3 Å². The first kappa shape index (κ1) is 18.0. The van der Waals surface area contributed by atoms with Crippen LogP contribution in [0.1, 0.15) is 25.3 Å². The number of fused-ring (bicyclic) bond motifs is 1. The Morgan fingerprint density at radius 2 is 1.93 bits per heavy atom. The van der Waals surface area contributed by atoms with E-state index in [1.807, 2.05) is 53.1 Å². The summed E-state index contributed by atoms with van der Waals surface area (Å²) < 4.78 is 7.83. The van der Waals surface area contributed by atoms with Crippen molar-refractivity contribution >= 4 is 17.3 Å². The van der Waals surface area contributed by atoms with E-state index in [4.69, 9.17) is 9.72 Å². The molecule has 4 aromatic rings. The van der Waals surface area contributed by atoms with Gasteiger partial charge in [0.05, 0.1) is 6.61 Å². The number of rotatable bonds is 7. The summed E-state index contributed by atoms with van der Waals surface area (Å²) in [4.78, 5) is 9.21. The molecule has 0 saturated carbocycles. The predicted molar refractivity (Wildman–Crippen MR) is 113 cm³/mol. The summed E-state index contributed by atoms with van der Waals surface area (Å²) in [6, 6.07) is 18.2. The molecule has 28 heavy (non-hydrogen) atoms. The van der Waals surface area contributed by atoms with E-state index in [0.717, 1.165) is 53.5 Å². The Hall–Kier alpha value is -3.34. The summed E-state index contributed by atoms with van der Waals surface area (Å²) in [5.74, 6) is 2.46. The molecule has 2 aromatic carbocycles. The zero-order chi connectivity index (χ0) is 19.3. The molecule has 0 aliphatic rings. The van der Waals surface area contributed by atoms with E-state index < -0.39 is 0 Å². The van der Waals surface area contributed by atoms with Crippen LogP contribution in [-0.2, 0) is 0 Å². The average molecular weight is 372 g/mol. The SMILES string of the molecule is CCCCOc1ccc(-c2nc3ncccn3c2Nc2ccccc2)c(C)c1. The standard InChI is InChI=1S/C23H24N4O/c1-3-4-15-28-19-11-12-20(17(2)16-19)21-22(25-18-9-6-5-7-10-18)27-14-8-13-24-23(27)26-21/h5-14,16,25H,3-4,15H2,1-2H3. The molecule has 0 amide bonds. The van der Waals surface area contributed by atoms with Crippen LogP contribution in [-0.4, -0.2) is 21.0 Å². The number of imidazole rings is 1. The van der Waals surface area contributed by atoms with E-state index >= 15 is 0 Å². The predicted octanol–water partition coefficient (Wildman–Crippen LogP) is 5.63. The quantitative estimate of drug-likeness (QED) is 0.427. The maximum atomic E-state index is 5.85. The summed E-state index contributed by atoms with van der Waals surface area (Å²) in [6.07, 6.45) is 5.92. The van der Waals surface area contributed by atoms with Crippen LogP contribution in [0.15, 0.2) is 67.0 Å². The number of ether oxygens (including phenoxy) is 1. The third-order valence-corrected chi connectivity index (χ3v) is 4.66. The van der Waals surface area contributed by atoms with Crippen molar-refractivity contribution in [2.75, 3.05) is 11.9 Å². The molecule has 5 nitrogen and oxygen atoms in total. The van der Waals surface area contributed by atoms with Gasteiger partial charge < -0.3 is 10.1 Å². The molecule has 0 saturated heterocycles. The van der Waals surface area contributed by atoms with Crippen LogP contribution in [0.3, 0.4) is 0 Å². The maximum Gasteiger partial charge on any atom is 0.235 e.